The Labute approximate surface area is 190 Å². The number of fused-ring (bicyclic) bond motifs is 1. The number of hydrogen-bond donors (Lipinski definition) is 1. The number of amides is 1. The molecular formula is C22H15BrClN3O2S. The SMILES string of the molecule is O=C(CSc1nc2ccccc2c(=O)n1-c1ccccc1)Nc1ccc(Br)c(Cl)c1. The van der Waals surface area contributed by atoms with Crippen LogP contribution in [0.25, 0.3) is 16.6 Å². The zero-order valence-corrected chi connectivity index (χ0v) is 18.7. The number of nitrogens with zero attached hydrogens (tertiary/aromatic N) is 2. The highest BCUT2D eigenvalue weighted by atomic mass is 79.9. The van der Waals surface area contributed by atoms with Crippen molar-refractivity contribution in [3.05, 3.63) is 92.6 Å². The number of carbonyl (C=O) groups is 1. The minimum Gasteiger partial charge on any atom is -0.325 e. The normalized spacial score (nSPS) is 10.9. The molecule has 1 N–H and O–H groups in total. The monoisotopic (exact) mass is 499 g/mol. The van der Waals surface area contributed by atoms with E-state index in [0.717, 1.165) is 4.47 Å². The summed E-state index contributed by atoms with van der Waals surface area (Å²) in [6.45, 7) is 0. The molecule has 0 aliphatic carbocycles. The lowest BCUT2D eigenvalue weighted by molar-refractivity contribution is -0.113. The Bertz CT molecular complexity index is 1290. The number of benzene rings is 3. The summed E-state index contributed by atoms with van der Waals surface area (Å²) in [4.78, 5) is 30.3. The largest absolute Gasteiger partial charge is 0.325 e. The van der Waals surface area contributed by atoms with E-state index in [-0.39, 0.29) is 17.2 Å². The summed E-state index contributed by atoms with van der Waals surface area (Å²) in [6.07, 6.45) is 0. The van der Waals surface area contributed by atoms with E-state index in [1.807, 2.05) is 42.5 Å². The maximum atomic E-state index is 13.1. The molecule has 8 heteroatoms. The average Bonchev–Trinajstić information content (AvgIpc) is 2.75. The Kier molecular flexibility index (Phi) is 6.22. The van der Waals surface area contributed by atoms with Crippen molar-refractivity contribution in [3.63, 3.8) is 0 Å². The number of halogens is 2. The van der Waals surface area contributed by atoms with E-state index in [1.54, 1.807) is 30.3 Å². The van der Waals surface area contributed by atoms with Crippen molar-refractivity contribution in [3.8, 4) is 5.69 Å². The van der Waals surface area contributed by atoms with Gasteiger partial charge in [-0.15, -0.1) is 0 Å². The predicted octanol–water partition coefficient (Wildman–Crippen LogP) is 5.53. The maximum absolute atomic E-state index is 13.1. The molecule has 1 aromatic heterocycles. The molecule has 1 heterocycles. The summed E-state index contributed by atoms with van der Waals surface area (Å²) in [5, 5.41) is 4.30. The van der Waals surface area contributed by atoms with Gasteiger partial charge in [0, 0.05) is 10.2 Å². The summed E-state index contributed by atoms with van der Waals surface area (Å²) < 4.78 is 2.29. The van der Waals surface area contributed by atoms with Gasteiger partial charge in [-0.05, 0) is 58.4 Å². The molecule has 0 aliphatic rings. The third-order valence-corrected chi connectivity index (χ3v) is 6.47. The highest BCUT2D eigenvalue weighted by molar-refractivity contribution is 9.10. The minimum atomic E-state index is -0.222. The molecular weight excluding hydrogens is 486 g/mol. The number of rotatable bonds is 5. The first-order chi connectivity index (χ1) is 14.5. The summed E-state index contributed by atoms with van der Waals surface area (Å²) in [6, 6.07) is 21.7. The van der Waals surface area contributed by atoms with E-state index in [4.69, 9.17) is 11.6 Å². The first-order valence-electron chi connectivity index (χ1n) is 8.98. The van der Waals surface area contributed by atoms with Crippen molar-refractivity contribution in [2.45, 2.75) is 5.16 Å². The van der Waals surface area contributed by atoms with E-state index in [9.17, 15) is 9.59 Å². The van der Waals surface area contributed by atoms with Crippen LogP contribution in [0.4, 0.5) is 5.69 Å². The van der Waals surface area contributed by atoms with Gasteiger partial charge in [0.25, 0.3) is 5.56 Å². The number of aromatic nitrogens is 2. The van der Waals surface area contributed by atoms with Gasteiger partial charge < -0.3 is 5.32 Å². The number of carbonyl (C=O) groups excluding carboxylic acids is 1. The third-order valence-electron chi connectivity index (χ3n) is 4.30. The summed E-state index contributed by atoms with van der Waals surface area (Å²) >= 11 is 10.6. The molecule has 0 aliphatic heterocycles. The lowest BCUT2D eigenvalue weighted by Crippen LogP contribution is -2.22. The number of thioether (sulfide) groups is 1. The summed E-state index contributed by atoms with van der Waals surface area (Å²) in [5.74, 6) is -0.133. The van der Waals surface area contributed by atoms with Crippen molar-refractivity contribution >= 4 is 61.8 Å². The number of para-hydroxylation sites is 2. The van der Waals surface area contributed by atoms with Crippen LogP contribution >= 0.6 is 39.3 Å². The van der Waals surface area contributed by atoms with Gasteiger partial charge in [0.05, 0.1) is 27.4 Å². The second-order valence-corrected chi connectivity index (χ2v) is 8.56. The van der Waals surface area contributed by atoms with Crippen LogP contribution in [0, 0.1) is 0 Å². The number of nitrogens with one attached hydrogen (secondary N) is 1. The molecule has 0 radical (unpaired) electrons. The van der Waals surface area contributed by atoms with E-state index in [2.05, 4.69) is 26.2 Å². The maximum Gasteiger partial charge on any atom is 0.266 e. The van der Waals surface area contributed by atoms with Gasteiger partial charge in [0.15, 0.2) is 5.16 Å². The molecule has 4 rings (SSSR count). The van der Waals surface area contributed by atoms with Crippen molar-refractivity contribution in [2.24, 2.45) is 0 Å². The van der Waals surface area contributed by atoms with Gasteiger partial charge in [-0.2, -0.15) is 0 Å². The van der Waals surface area contributed by atoms with Gasteiger partial charge in [-0.25, -0.2) is 4.98 Å². The third kappa shape index (κ3) is 4.43. The molecule has 0 saturated heterocycles. The fraction of sp³-hybridized carbons (Fsp3) is 0.0455. The zero-order chi connectivity index (χ0) is 21.1. The molecule has 30 heavy (non-hydrogen) atoms. The van der Waals surface area contributed by atoms with Crippen molar-refractivity contribution in [2.75, 3.05) is 11.1 Å². The van der Waals surface area contributed by atoms with Crippen LogP contribution in [0.1, 0.15) is 0 Å². The van der Waals surface area contributed by atoms with Crippen LogP contribution in [0.2, 0.25) is 5.02 Å². The van der Waals surface area contributed by atoms with Crippen LogP contribution < -0.4 is 10.9 Å². The topological polar surface area (TPSA) is 64.0 Å². The van der Waals surface area contributed by atoms with Crippen molar-refractivity contribution in [1.29, 1.82) is 0 Å². The minimum absolute atomic E-state index is 0.0886. The molecule has 0 bridgehead atoms. The van der Waals surface area contributed by atoms with Crippen LogP contribution in [0.3, 0.4) is 0 Å². The molecule has 0 saturated carbocycles. The van der Waals surface area contributed by atoms with Crippen LogP contribution in [0.15, 0.2) is 87.2 Å². The summed E-state index contributed by atoms with van der Waals surface area (Å²) in [7, 11) is 0. The second-order valence-electron chi connectivity index (χ2n) is 6.35. The fourth-order valence-electron chi connectivity index (χ4n) is 2.91. The van der Waals surface area contributed by atoms with Crippen molar-refractivity contribution in [1.82, 2.24) is 9.55 Å². The predicted molar refractivity (Wildman–Crippen MR) is 126 cm³/mol. The molecule has 4 aromatic rings. The van der Waals surface area contributed by atoms with E-state index < -0.39 is 0 Å². The first-order valence-corrected chi connectivity index (χ1v) is 11.1. The fourth-order valence-corrected chi connectivity index (χ4v) is 4.15. The van der Waals surface area contributed by atoms with E-state index in [0.29, 0.717) is 32.5 Å². The van der Waals surface area contributed by atoms with Crippen molar-refractivity contribution < 1.29 is 4.79 Å². The second kappa shape index (κ2) is 9.04. The van der Waals surface area contributed by atoms with Gasteiger partial charge >= 0.3 is 0 Å². The lowest BCUT2D eigenvalue weighted by atomic mass is 10.2. The highest BCUT2D eigenvalue weighted by Crippen LogP contribution is 2.26. The van der Waals surface area contributed by atoms with Gasteiger partial charge in [-0.3, -0.25) is 14.2 Å². The van der Waals surface area contributed by atoms with Gasteiger partial charge in [0.2, 0.25) is 5.91 Å². The Morgan fingerprint density at radius 2 is 1.80 bits per heavy atom. The molecule has 0 unspecified atom stereocenters. The Morgan fingerprint density at radius 1 is 1.07 bits per heavy atom. The number of hydrogen-bond acceptors (Lipinski definition) is 4. The van der Waals surface area contributed by atoms with Gasteiger partial charge in [0.1, 0.15) is 0 Å². The highest BCUT2D eigenvalue weighted by Gasteiger charge is 2.15. The lowest BCUT2D eigenvalue weighted by Gasteiger charge is -2.13. The zero-order valence-electron chi connectivity index (χ0n) is 15.5. The van der Waals surface area contributed by atoms with Crippen LogP contribution in [-0.4, -0.2) is 21.2 Å². The van der Waals surface area contributed by atoms with E-state index >= 15 is 0 Å². The Hall–Kier alpha value is -2.61. The first kappa shape index (κ1) is 20.7. The summed E-state index contributed by atoms with van der Waals surface area (Å²) in [5.41, 5.74) is 1.72. The molecule has 0 fully saturated rings. The van der Waals surface area contributed by atoms with E-state index in [1.165, 1.54) is 16.3 Å². The van der Waals surface area contributed by atoms with Crippen LogP contribution in [-0.2, 0) is 4.79 Å². The molecule has 0 atom stereocenters. The molecule has 1 amide bonds. The van der Waals surface area contributed by atoms with Gasteiger partial charge in [-0.1, -0.05) is 53.7 Å². The smallest absolute Gasteiger partial charge is 0.266 e. The molecule has 5 nitrogen and oxygen atoms in total. The average molecular weight is 501 g/mol. The standard InChI is InChI=1S/C22H15BrClN3O2S/c23-17-11-10-14(12-18(17)24)25-20(28)13-30-22-26-19-9-5-4-8-16(19)21(29)27(22)15-6-2-1-3-7-15/h1-12H,13H2,(H,25,28). The molecule has 150 valence electrons. The van der Waals surface area contributed by atoms with Crippen LogP contribution in [0.5, 0.6) is 0 Å². The quantitative estimate of drug-likeness (QED) is 0.289. The Morgan fingerprint density at radius 3 is 2.57 bits per heavy atom. The number of anilines is 1. The Balaban J connectivity index is 1.64. The molecule has 3 aromatic carbocycles. The molecule has 0 spiro atoms.